The molecule has 0 saturated heterocycles. The Morgan fingerprint density at radius 3 is 1.71 bits per heavy atom. The minimum absolute atomic E-state index is 0.176. The van der Waals surface area contributed by atoms with Crippen molar-refractivity contribution in [1.82, 2.24) is 3.94 Å². The van der Waals surface area contributed by atoms with Crippen molar-refractivity contribution in [3.63, 3.8) is 0 Å². The van der Waals surface area contributed by atoms with Gasteiger partial charge in [-0.2, -0.15) is 8.93 Å². The molecule has 0 aliphatic heterocycles. The quantitative estimate of drug-likeness (QED) is 0.205. The number of carboxylic acid groups (broad SMARTS) is 1. The van der Waals surface area contributed by atoms with Crippen LogP contribution in [0.2, 0.25) is 0 Å². The predicted molar refractivity (Wildman–Crippen MR) is 89.3 cm³/mol. The van der Waals surface area contributed by atoms with E-state index in [9.17, 15) is 4.79 Å². The summed E-state index contributed by atoms with van der Waals surface area (Å²) in [5, 5.41) is 14.7. The molecular weight excluding hydrogens is 317 g/mol. The lowest BCUT2D eigenvalue weighted by atomic mass is 10.2. The van der Waals surface area contributed by atoms with E-state index in [4.69, 9.17) is 45.5 Å². The molecule has 0 rings (SSSR count). The van der Waals surface area contributed by atoms with Gasteiger partial charge in [0.05, 0.1) is 0 Å². The lowest BCUT2D eigenvalue weighted by Gasteiger charge is -1.99. The van der Waals surface area contributed by atoms with E-state index in [1.807, 2.05) is 0 Å². The Bertz CT molecular complexity index is 327. The molecule has 9 heteroatoms. The van der Waals surface area contributed by atoms with E-state index < -0.39 is 11.9 Å². The SMILES string of the molecule is C=C(C)C(=O)O.CCCCCC.N=C(N=C(N)N)N(Cl)Cl. The van der Waals surface area contributed by atoms with Gasteiger partial charge in [-0.15, -0.1) is 0 Å². The lowest BCUT2D eigenvalue weighted by Crippen LogP contribution is -2.25. The lowest BCUT2D eigenvalue weighted by molar-refractivity contribution is -0.132. The van der Waals surface area contributed by atoms with Gasteiger partial charge in [0.2, 0.25) is 0 Å². The van der Waals surface area contributed by atoms with Crippen LogP contribution >= 0.6 is 23.6 Å². The van der Waals surface area contributed by atoms with E-state index in [0.29, 0.717) is 3.94 Å². The van der Waals surface area contributed by atoms with Crippen LogP contribution in [0.15, 0.2) is 17.1 Å². The van der Waals surface area contributed by atoms with Crippen LogP contribution in [0.4, 0.5) is 0 Å². The third kappa shape index (κ3) is 27.7. The molecule has 0 atom stereocenters. The molecule has 0 fully saturated rings. The Balaban J connectivity index is -0.000000240. The molecule has 0 aromatic carbocycles. The fourth-order valence-electron chi connectivity index (χ4n) is 0.660. The summed E-state index contributed by atoms with van der Waals surface area (Å²) in [7, 11) is 0. The van der Waals surface area contributed by atoms with Gasteiger partial charge in [0.25, 0.3) is 5.96 Å². The first kappa shape index (κ1) is 24.5. The van der Waals surface area contributed by atoms with Gasteiger partial charge in [-0.25, -0.2) is 4.79 Å². The molecule has 0 heterocycles. The number of nitrogens with one attached hydrogen (secondary N) is 1. The van der Waals surface area contributed by atoms with Gasteiger partial charge in [0.1, 0.15) is 0 Å². The predicted octanol–water partition coefficient (Wildman–Crippen LogP) is 3.04. The number of aliphatic carboxylic acids is 1. The van der Waals surface area contributed by atoms with Crippen LogP contribution in [0, 0.1) is 5.41 Å². The highest BCUT2D eigenvalue weighted by Crippen LogP contribution is 1.99. The first-order chi connectivity index (χ1) is 9.59. The smallest absolute Gasteiger partial charge is 0.330 e. The minimum Gasteiger partial charge on any atom is -0.478 e. The number of hydrogen-bond acceptors (Lipinski definition) is 2. The number of rotatable bonds is 4. The topological polar surface area (TPSA) is 129 Å². The number of halogens is 2. The van der Waals surface area contributed by atoms with Gasteiger partial charge in [0, 0.05) is 29.1 Å². The van der Waals surface area contributed by atoms with Gasteiger partial charge in [0.15, 0.2) is 5.96 Å². The first-order valence-corrected chi connectivity index (χ1v) is 6.96. The molecule has 21 heavy (non-hydrogen) atoms. The average Bonchev–Trinajstić information content (AvgIpc) is 2.36. The number of nitrogens with zero attached hydrogens (tertiary/aromatic N) is 2. The van der Waals surface area contributed by atoms with E-state index in [-0.39, 0.29) is 11.5 Å². The maximum Gasteiger partial charge on any atom is 0.330 e. The van der Waals surface area contributed by atoms with Crippen LogP contribution in [0.1, 0.15) is 46.5 Å². The maximum atomic E-state index is 9.60. The molecule has 6 N–H and O–H groups in total. The Morgan fingerprint density at radius 1 is 1.29 bits per heavy atom. The monoisotopic (exact) mass is 341 g/mol. The van der Waals surface area contributed by atoms with E-state index in [1.54, 1.807) is 0 Å². The Morgan fingerprint density at radius 2 is 1.62 bits per heavy atom. The number of unbranched alkanes of at least 4 members (excludes halogenated alkanes) is 3. The summed E-state index contributed by atoms with van der Waals surface area (Å²) in [6, 6.07) is 0. The third-order valence-corrected chi connectivity index (χ3v) is 2.04. The summed E-state index contributed by atoms with van der Waals surface area (Å²) in [6.07, 6.45) is 5.54. The summed E-state index contributed by atoms with van der Waals surface area (Å²) in [6.45, 7) is 9.07. The van der Waals surface area contributed by atoms with Gasteiger partial charge in [-0.1, -0.05) is 46.1 Å². The van der Waals surface area contributed by atoms with Crippen LogP contribution in [0.5, 0.6) is 0 Å². The van der Waals surface area contributed by atoms with Gasteiger partial charge in [-0.3, -0.25) is 5.41 Å². The van der Waals surface area contributed by atoms with Gasteiger partial charge in [-0.05, 0) is 6.92 Å². The molecule has 124 valence electrons. The molecule has 0 aliphatic rings. The number of hydrogen-bond donors (Lipinski definition) is 4. The van der Waals surface area contributed by atoms with Crippen molar-refractivity contribution in [3.8, 4) is 0 Å². The number of guanidine groups is 2. The summed E-state index contributed by atoms with van der Waals surface area (Å²) in [5.41, 5.74) is 9.92. The van der Waals surface area contributed by atoms with Crippen LogP contribution in [-0.4, -0.2) is 26.9 Å². The molecule has 0 aliphatic carbocycles. The van der Waals surface area contributed by atoms with Crippen LogP contribution in [0.3, 0.4) is 0 Å². The van der Waals surface area contributed by atoms with Crippen LogP contribution in [0.25, 0.3) is 0 Å². The third-order valence-electron chi connectivity index (χ3n) is 1.72. The van der Waals surface area contributed by atoms with Crippen molar-refractivity contribution >= 4 is 41.4 Å². The molecule has 0 amide bonds. The van der Waals surface area contributed by atoms with E-state index in [0.717, 1.165) is 0 Å². The Hall–Kier alpha value is -1.47. The standard InChI is InChI=1S/C6H14.C4H6O2.C2H5Cl2N5/c1-3-5-6-4-2;1-3(2)4(5)6;3-9(4)2(7)8-1(5)6/h3-6H2,1-2H3;1H2,2H3,(H,5,6);(H5,5,6,7,8). The molecule has 0 saturated carbocycles. The largest absolute Gasteiger partial charge is 0.478 e. The molecule has 0 radical (unpaired) electrons. The average molecular weight is 342 g/mol. The fraction of sp³-hybridized carbons (Fsp3) is 0.583. The van der Waals surface area contributed by atoms with Crippen molar-refractivity contribution in [2.75, 3.05) is 0 Å². The van der Waals surface area contributed by atoms with Gasteiger partial charge >= 0.3 is 5.97 Å². The van der Waals surface area contributed by atoms with E-state index >= 15 is 0 Å². The molecule has 0 bridgehead atoms. The molecule has 0 aromatic heterocycles. The minimum atomic E-state index is -0.935. The highest BCUT2D eigenvalue weighted by molar-refractivity contribution is 6.41. The number of nitrogens with two attached hydrogens (primary N) is 2. The molecule has 0 aromatic rings. The Kier molecular flexibility index (Phi) is 19.4. The fourth-order valence-corrected chi connectivity index (χ4v) is 0.736. The molecule has 7 nitrogen and oxygen atoms in total. The summed E-state index contributed by atoms with van der Waals surface area (Å²) in [5.74, 6) is -1.61. The van der Waals surface area contributed by atoms with E-state index in [1.165, 1.54) is 32.6 Å². The second-order valence-corrected chi connectivity index (χ2v) is 4.73. The highest BCUT2D eigenvalue weighted by atomic mass is 35.5. The van der Waals surface area contributed by atoms with Crippen LogP contribution < -0.4 is 11.5 Å². The summed E-state index contributed by atoms with van der Waals surface area (Å²) in [4.78, 5) is 12.8. The second-order valence-electron chi connectivity index (χ2n) is 3.89. The van der Waals surface area contributed by atoms with Crippen molar-refractivity contribution in [1.29, 1.82) is 5.41 Å². The molecule has 0 spiro atoms. The highest BCUT2D eigenvalue weighted by Gasteiger charge is 1.99. The van der Waals surface area contributed by atoms with Crippen molar-refractivity contribution in [2.24, 2.45) is 16.5 Å². The zero-order valence-electron chi connectivity index (χ0n) is 12.7. The summed E-state index contributed by atoms with van der Waals surface area (Å²) < 4.78 is 0.444. The molecular formula is C12H25Cl2N5O2. The first-order valence-electron chi connectivity index (χ1n) is 6.28. The van der Waals surface area contributed by atoms with Crippen molar-refractivity contribution in [2.45, 2.75) is 46.5 Å². The van der Waals surface area contributed by atoms with Crippen LogP contribution in [-0.2, 0) is 4.79 Å². The van der Waals surface area contributed by atoms with Crippen molar-refractivity contribution < 1.29 is 9.90 Å². The summed E-state index contributed by atoms with van der Waals surface area (Å²) >= 11 is 10.1. The van der Waals surface area contributed by atoms with E-state index in [2.05, 4.69) is 25.4 Å². The zero-order chi connectivity index (χ0) is 17.4. The Labute approximate surface area is 136 Å². The normalized spacial score (nSPS) is 8.24. The number of carbonyl (C=O) groups is 1. The molecule has 0 unspecified atom stereocenters. The zero-order valence-corrected chi connectivity index (χ0v) is 14.2. The maximum absolute atomic E-state index is 9.60. The number of aliphatic imine (C=N–C) groups is 1. The van der Waals surface area contributed by atoms with Gasteiger partial charge < -0.3 is 16.6 Å². The van der Waals surface area contributed by atoms with Crippen molar-refractivity contribution in [3.05, 3.63) is 12.2 Å². The number of carboxylic acids is 1. The second kappa shape index (κ2) is 16.6.